The first-order valence-corrected chi connectivity index (χ1v) is 8.11. The van der Waals surface area contributed by atoms with Gasteiger partial charge in [-0.05, 0) is 37.2 Å². The lowest BCUT2D eigenvalue weighted by Gasteiger charge is -2.23. The van der Waals surface area contributed by atoms with Crippen molar-refractivity contribution in [1.29, 1.82) is 0 Å². The van der Waals surface area contributed by atoms with Crippen LogP contribution in [0.1, 0.15) is 18.7 Å². The molecule has 1 aliphatic rings. The van der Waals surface area contributed by atoms with Crippen molar-refractivity contribution in [1.82, 2.24) is 20.4 Å². The van der Waals surface area contributed by atoms with Crippen LogP contribution >= 0.6 is 0 Å². The van der Waals surface area contributed by atoms with E-state index < -0.39 is 0 Å². The second kappa shape index (κ2) is 7.44. The zero-order valence-electron chi connectivity index (χ0n) is 14.0. The third kappa shape index (κ3) is 3.73. The summed E-state index contributed by atoms with van der Waals surface area (Å²) < 4.78 is 10.4. The first-order chi connectivity index (χ1) is 11.7. The van der Waals surface area contributed by atoms with Gasteiger partial charge in [-0.1, -0.05) is 5.16 Å². The fourth-order valence-corrected chi connectivity index (χ4v) is 2.78. The summed E-state index contributed by atoms with van der Waals surface area (Å²) in [6.45, 7) is 1.83. The van der Waals surface area contributed by atoms with E-state index in [2.05, 4.69) is 15.5 Å². The number of nitrogens with one attached hydrogen (secondary N) is 1. The number of amides is 1. The van der Waals surface area contributed by atoms with E-state index in [0.29, 0.717) is 24.6 Å². The first-order valence-electron chi connectivity index (χ1n) is 8.11. The van der Waals surface area contributed by atoms with E-state index in [1.54, 1.807) is 7.11 Å². The molecule has 1 N–H and O–H groups in total. The van der Waals surface area contributed by atoms with Crippen LogP contribution in [0.4, 0.5) is 0 Å². The van der Waals surface area contributed by atoms with Gasteiger partial charge in [0.15, 0.2) is 0 Å². The van der Waals surface area contributed by atoms with Gasteiger partial charge in [-0.25, -0.2) is 0 Å². The van der Waals surface area contributed by atoms with Crippen molar-refractivity contribution >= 4 is 5.91 Å². The van der Waals surface area contributed by atoms with E-state index in [9.17, 15) is 4.79 Å². The molecule has 0 radical (unpaired) electrons. The Morgan fingerprint density at radius 3 is 2.88 bits per heavy atom. The van der Waals surface area contributed by atoms with Crippen LogP contribution in [0.5, 0.6) is 5.75 Å². The van der Waals surface area contributed by atoms with Crippen LogP contribution in [0.25, 0.3) is 11.4 Å². The SMILES string of the molecule is COc1ccc(-c2noc(CCC(=O)N(C)C3CCNC3)n2)cc1. The second-order valence-electron chi connectivity index (χ2n) is 5.89. The average Bonchev–Trinajstić information content (AvgIpc) is 3.31. The van der Waals surface area contributed by atoms with Crippen molar-refractivity contribution < 1.29 is 14.1 Å². The number of benzene rings is 1. The number of hydrogen-bond acceptors (Lipinski definition) is 6. The van der Waals surface area contributed by atoms with Crippen LogP contribution in [0.2, 0.25) is 0 Å². The molecule has 128 valence electrons. The number of hydrogen-bond donors (Lipinski definition) is 1. The van der Waals surface area contributed by atoms with Gasteiger partial charge < -0.3 is 19.5 Å². The summed E-state index contributed by atoms with van der Waals surface area (Å²) in [6, 6.07) is 7.73. The molecular formula is C17H22N4O3. The minimum Gasteiger partial charge on any atom is -0.497 e. The van der Waals surface area contributed by atoms with Crippen LogP contribution < -0.4 is 10.1 Å². The molecule has 24 heavy (non-hydrogen) atoms. The van der Waals surface area contributed by atoms with Gasteiger partial charge in [0, 0.05) is 38.0 Å². The molecule has 1 saturated heterocycles. The molecule has 2 heterocycles. The van der Waals surface area contributed by atoms with Crippen LogP contribution in [-0.4, -0.2) is 54.2 Å². The average molecular weight is 330 g/mol. The molecule has 1 fully saturated rings. The van der Waals surface area contributed by atoms with Gasteiger partial charge >= 0.3 is 0 Å². The maximum atomic E-state index is 12.2. The second-order valence-corrected chi connectivity index (χ2v) is 5.89. The summed E-state index contributed by atoms with van der Waals surface area (Å²) in [7, 11) is 3.48. The van der Waals surface area contributed by atoms with Gasteiger partial charge in [-0.3, -0.25) is 4.79 Å². The van der Waals surface area contributed by atoms with E-state index in [0.717, 1.165) is 30.8 Å². The number of nitrogens with zero attached hydrogens (tertiary/aromatic N) is 3. The molecule has 0 spiro atoms. The number of aromatic nitrogens is 2. The Balaban J connectivity index is 1.56. The fraction of sp³-hybridized carbons (Fsp3) is 0.471. The van der Waals surface area contributed by atoms with Gasteiger partial charge in [0.1, 0.15) is 5.75 Å². The smallest absolute Gasteiger partial charge is 0.227 e. The lowest BCUT2D eigenvalue weighted by molar-refractivity contribution is -0.131. The van der Waals surface area contributed by atoms with Gasteiger partial charge in [-0.2, -0.15) is 4.98 Å². The number of aryl methyl sites for hydroxylation is 1. The zero-order valence-corrected chi connectivity index (χ0v) is 14.0. The van der Waals surface area contributed by atoms with Crippen LogP contribution in [0, 0.1) is 0 Å². The number of ether oxygens (including phenoxy) is 1. The fourth-order valence-electron chi connectivity index (χ4n) is 2.78. The molecule has 2 aromatic rings. The van der Waals surface area contributed by atoms with Gasteiger partial charge in [0.05, 0.1) is 7.11 Å². The maximum Gasteiger partial charge on any atom is 0.227 e. The summed E-state index contributed by atoms with van der Waals surface area (Å²) in [5, 5.41) is 7.25. The summed E-state index contributed by atoms with van der Waals surface area (Å²) in [5.41, 5.74) is 0.853. The van der Waals surface area contributed by atoms with Crippen molar-refractivity contribution in [2.75, 3.05) is 27.2 Å². The number of likely N-dealkylation sites (N-methyl/N-ethyl adjacent to an activating group) is 1. The molecule has 1 aliphatic heterocycles. The quantitative estimate of drug-likeness (QED) is 0.864. The largest absolute Gasteiger partial charge is 0.497 e. The highest BCUT2D eigenvalue weighted by atomic mass is 16.5. The van der Waals surface area contributed by atoms with Crippen molar-refractivity contribution in [3.05, 3.63) is 30.2 Å². The minimum absolute atomic E-state index is 0.105. The molecule has 1 aromatic carbocycles. The number of rotatable bonds is 6. The topological polar surface area (TPSA) is 80.5 Å². The Morgan fingerprint density at radius 2 is 2.21 bits per heavy atom. The summed E-state index contributed by atoms with van der Waals surface area (Å²) in [5.74, 6) is 1.88. The standard InChI is InChI=1S/C17H22N4O3/c1-21(13-9-10-18-11-13)16(22)8-7-15-19-17(20-24-15)12-3-5-14(23-2)6-4-12/h3-6,13,18H,7-11H2,1-2H3. The van der Waals surface area contributed by atoms with Crippen molar-refractivity contribution in [3.8, 4) is 17.1 Å². The summed E-state index contributed by atoms with van der Waals surface area (Å²) >= 11 is 0. The van der Waals surface area contributed by atoms with Gasteiger partial charge in [-0.15, -0.1) is 0 Å². The molecule has 0 aliphatic carbocycles. The molecule has 0 saturated carbocycles. The Kier molecular flexibility index (Phi) is 5.10. The lowest BCUT2D eigenvalue weighted by atomic mass is 10.2. The van der Waals surface area contributed by atoms with Crippen LogP contribution in [0.15, 0.2) is 28.8 Å². The van der Waals surface area contributed by atoms with E-state index in [1.807, 2.05) is 36.2 Å². The molecule has 0 bridgehead atoms. The molecule has 1 atom stereocenters. The number of carbonyl (C=O) groups excluding carboxylic acids is 1. The van der Waals surface area contributed by atoms with Crippen LogP contribution in [-0.2, 0) is 11.2 Å². The normalized spacial score (nSPS) is 17.0. The minimum atomic E-state index is 0.105. The van der Waals surface area contributed by atoms with E-state index in [4.69, 9.17) is 9.26 Å². The summed E-state index contributed by atoms with van der Waals surface area (Å²) in [4.78, 5) is 18.4. The zero-order chi connectivity index (χ0) is 16.9. The third-order valence-corrected chi connectivity index (χ3v) is 4.34. The maximum absolute atomic E-state index is 12.2. The van der Waals surface area contributed by atoms with Crippen molar-refractivity contribution in [2.24, 2.45) is 0 Å². The van der Waals surface area contributed by atoms with Crippen LogP contribution in [0.3, 0.4) is 0 Å². The number of methoxy groups -OCH3 is 1. The lowest BCUT2D eigenvalue weighted by Crippen LogP contribution is -2.38. The molecule has 3 rings (SSSR count). The van der Waals surface area contributed by atoms with Gasteiger partial charge in [0.2, 0.25) is 17.6 Å². The monoisotopic (exact) mass is 330 g/mol. The Labute approximate surface area is 141 Å². The summed E-state index contributed by atoms with van der Waals surface area (Å²) in [6.07, 6.45) is 1.83. The molecule has 1 unspecified atom stereocenters. The highest BCUT2D eigenvalue weighted by molar-refractivity contribution is 5.76. The van der Waals surface area contributed by atoms with Crippen molar-refractivity contribution in [3.63, 3.8) is 0 Å². The van der Waals surface area contributed by atoms with Crippen molar-refractivity contribution in [2.45, 2.75) is 25.3 Å². The first kappa shape index (κ1) is 16.4. The molecule has 1 amide bonds. The Morgan fingerprint density at radius 1 is 1.42 bits per heavy atom. The highest BCUT2D eigenvalue weighted by Gasteiger charge is 2.23. The highest BCUT2D eigenvalue weighted by Crippen LogP contribution is 2.20. The predicted molar refractivity (Wildman–Crippen MR) is 88.7 cm³/mol. The van der Waals surface area contributed by atoms with Gasteiger partial charge in [0.25, 0.3) is 0 Å². The third-order valence-electron chi connectivity index (χ3n) is 4.34. The van der Waals surface area contributed by atoms with E-state index in [1.165, 1.54) is 0 Å². The van der Waals surface area contributed by atoms with E-state index >= 15 is 0 Å². The number of carbonyl (C=O) groups is 1. The molecule has 7 nitrogen and oxygen atoms in total. The molecule has 7 heteroatoms. The Bertz CT molecular complexity index is 677. The molecular weight excluding hydrogens is 308 g/mol. The predicted octanol–water partition coefficient (Wildman–Crippen LogP) is 1.50. The Hall–Kier alpha value is -2.41. The van der Waals surface area contributed by atoms with E-state index in [-0.39, 0.29) is 11.9 Å². The molecule has 1 aromatic heterocycles.